The Labute approximate surface area is 119 Å². The highest BCUT2D eigenvalue weighted by Crippen LogP contribution is 2.35. The van der Waals surface area contributed by atoms with Crippen molar-refractivity contribution in [3.05, 3.63) is 16.4 Å². The lowest BCUT2D eigenvalue weighted by molar-refractivity contribution is -0.149. The van der Waals surface area contributed by atoms with E-state index in [1.54, 1.807) is 0 Å². The second kappa shape index (κ2) is 6.42. The molecule has 0 radical (unpaired) electrons. The molecule has 0 aromatic carbocycles. The molecular weight excluding hydrogens is 264 g/mol. The predicted molar refractivity (Wildman–Crippen MR) is 76.6 cm³/mol. The van der Waals surface area contributed by atoms with E-state index in [9.17, 15) is 9.90 Å². The van der Waals surface area contributed by atoms with E-state index in [0.29, 0.717) is 30.8 Å². The molecule has 0 aliphatic carbocycles. The molecule has 0 atom stereocenters. The Morgan fingerprint density at radius 1 is 1.32 bits per heavy atom. The molecule has 108 valence electrons. The molecule has 0 saturated heterocycles. The third kappa shape index (κ3) is 2.94. The van der Waals surface area contributed by atoms with Crippen molar-refractivity contribution in [3.63, 3.8) is 0 Å². The van der Waals surface area contributed by atoms with Crippen LogP contribution in [0.1, 0.15) is 51.9 Å². The number of hydrogen-bond donors (Lipinski definition) is 1. The van der Waals surface area contributed by atoms with Crippen molar-refractivity contribution in [1.29, 1.82) is 0 Å². The summed E-state index contributed by atoms with van der Waals surface area (Å²) in [5, 5.41) is 14.6. The van der Waals surface area contributed by atoms with Crippen LogP contribution in [0.2, 0.25) is 5.02 Å². The Morgan fingerprint density at radius 2 is 1.89 bits per heavy atom. The van der Waals surface area contributed by atoms with Crippen LogP contribution < -0.4 is 0 Å². The summed E-state index contributed by atoms with van der Waals surface area (Å²) in [5.41, 5.74) is 0.957. The Balaban J connectivity index is 3.23. The fourth-order valence-corrected chi connectivity index (χ4v) is 2.72. The molecule has 1 rings (SSSR count). The third-order valence-corrected chi connectivity index (χ3v) is 4.44. The summed E-state index contributed by atoms with van der Waals surface area (Å²) < 4.78 is 1.84. The van der Waals surface area contributed by atoms with Crippen molar-refractivity contribution in [2.75, 3.05) is 0 Å². The molecule has 1 N–H and O–H groups in total. The quantitative estimate of drug-likeness (QED) is 0.834. The molecule has 0 amide bonds. The van der Waals surface area contributed by atoms with Crippen molar-refractivity contribution in [2.24, 2.45) is 5.41 Å². The average Bonchev–Trinajstić information content (AvgIpc) is 2.71. The Bertz CT molecular complexity index is 451. The van der Waals surface area contributed by atoms with Crippen molar-refractivity contribution in [2.45, 2.75) is 59.9 Å². The summed E-state index contributed by atoms with van der Waals surface area (Å²) in [6.45, 7) is 8.53. The molecule has 19 heavy (non-hydrogen) atoms. The number of carbonyl (C=O) groups is 1. The zero-order valence-electron chi connectivity index (χ0n) is 12.2. The summed E-state index contributed by atoms with van der Waals surface area (Å²) in [5.74, 6) is -0.754. The lowest BCUT2D eigenvalue weighted by Gasteiger charge is -2.27. The van der Waals surface area contributed by atoms with Gasteiger partial charge in [0.25, 0.3) is 0 Å². The van der Waals surface area contributed by atoms with Gasteiger partial charge in [-0.2, -0.15) is 5.10 Å². The molecule has 0 fully saturated rings. The van der Waals surface area contributed by atoms with Gasteiger partial charge in [-0.3, -0.25) is 9.48 Å². The molecular formula is C14H23ClN2O2. The Morgan fingerprint density at radius 3 is 2.26 bits per heavy atom. The third-order valence-electron chi connectivity index (χ3n) is 4.01. The van der Waals surface area contributed by atoms with E-state index in [0.717, 1.165) is 17.8 Å². The number of nitrogens with zero attached hydrogens (tertiary/aromatic N) is 2. The molecule has 0 unspecified atom stereocenters. The van der Waals surface area contributed by atoms with Crippen LogP contribution in [0.25, 0.3) is 0 Å². The number of carboxylic acids is 1. The fraction of sp³-hybridized carbons (Fsp3) is 0.714. The molecule has 1 heterocycles. The van der Waals surface area contributed by atoms with Crippen LogP contribution in [-0.2, 0) is 24.2 Å². The molecule has 1 aromatic rings. The maximum absolute atomic E-state index is 11.6. The molecule has 0 saturated carbocycles. The van der Waals surface area contributed by atoms with E-state index in [4.69, 9.17) is 11.6 Å². The van der Waals surface area contributed by atoms with Gasteiger partial charge in [-0.05, 0) is 26.2 Å². The van der Waals surface area contributed by atoms with E-state index < -0.39 is 11.4 Å². The van der Waals surface area contributed by atoms with E-state index in [-0.39, 0.29) is 0 Å². The van der Waals surface area contributed by atoms with Crippen molar-refractivity contribution in [1.82, 2.24) is 9.78 Å². The van der Waals surface area contributed by atoms with Gasteiger partial charge in [-0.1, -0.05) is 32.4 Å². The van der Waals surface area contributed by atoms with E-state index in [2.05, 4.69) is 5.10 Å². The largest absolute Gasteiger partial charge is 0.481 e. The zero-order valence-corrected chi connectivity index (χ0v) is 12.9. The minimum Gasteiger partial charge on any atom is -0.481 e. The van der Waals surface area contributed by atoms with E-state index in [1.165, 1.54) is 0 Å². The van der Waals surface area contributed by atoms with Gasteiger partial charge in [-0.25, -0.2) is 0 Å². The summed E-state index contributed by atoms with van der Waals surface area (Å²) in [7, 11) is 0. The number of hydrogen-bond acceptors (Lipinski definition) is 2. The highest BCUT2D eigenvalue weighted by molar-refractivity contribution is 6.31. The highest BCUT2D eigenvalue weighted by atomic mass is 35.5. The topological polar surface area (TPSA) is 55.1 Å². The van der Waals surface area contributed by atoms with Gasteiger partial charge in [0, 0.05) is 13.0 Å². The summed E-state index contributed by atoms with van der Waals surface area (Å²) in [4.78, 5) is 11.6. The molecule has 5 heteroatoms. The second-order valence-electron chi connectivity index (χ2n) is 4.85. The first-order chi connectivity index (χ1) is 8.95. The van der Waals surface area contributed by atoms with Crippen molar-refractivity contribution >= 4 is 17.6 Å². The van der Waals surface area contributed by atoms with Crippen LogP contribution in [0.3, 0.4) is 0 Å². The molecule has 4 nitrogen and oxygen atoms in total. The van der Waals surface area contributed by atoms with Gasteiger partial charge in [0.15, 0.2) is 0 Å². The van der Waals surface area contributed by atoms with Gasteiger partial charge in [-0.15, -0.1) is 0 Å². The molecule has 0 bridgehead atoms. The van der Waals surface area contributed by atoms with Crippen LogP contribution in [0.4, 0.5) is 0 Å². The molecule has 0 spiro atoms. The van der Waals surface area contributed by atoms with Crippen molar-refractivity contribution in [3.8, 4) is 0 Å². The smallest absolute Gasteiger partial charge is 0.310 e. The van der Waals surface area contributed by atoms with Gasteiger partial charge < -0.3 is 5.11 Å². The zero-order chi connectivity index (χ0) is 14.6. The highest BCUT2D eigenvalue weighted by Gasteiger charge is 2.37. The molecule has 1 aromatic heterocycles. The summed E-state index contributed by atoms with van der Waals surface area (Å²) in [6, 6.07) is 0. The average molecular weight is 287 g/mol. The number of carboxylic acid groups (broad SMARTS) is 1. The van der Waals surface area contributed by atoms with Crippen LogP contribution in [0.15, 0.2) is 0 Å². The lowest BCUT2D eigenvalue weighted by Crippen LogP contribution is -2.33. The monoisotopic (exact) mass is 286 g/mol. The van der Waals surface area contributed by atoms with Crippen LogP contribution in [-0.4, -0.2) is 20.9 Å². The molecule has 0 aliphatic heterocycles. The number of aliphatic carboxylic acids is 1. The van der Waals surface area contributed by atoms with Gasteiger partial charge in [0.2, 0.25) is 0 Å². The lowest BCUT2D eigenvalue weighted by atomic mass is 9.78. The normalized spacial score (nSPS) is 11.8. The second-order valence-corrected chi connectivity index (χ2v) is 5.22. The fourth-order valence-electron chi connectivity index (χ4n) is 2.38. The van der Waals surface area contributed by atoms with Gasteiger partial charge in [0.1, 0.15) is 0 Å². The summed E-state index contributed by atoms with van der Waals surface area (Å²) in [6.07, 6.45) is 2.38. The van der Waals surface area contributed by atoms with Gasteiger partial charge >= 0.3 is 5.97 Å². The first-order valence-corrected chi connectivity index (χ1v) is 7.30. The van der Waals surface area contributed by atoms with Gasteiger partial charge in [0.05, 0.1) is 21.8 Å². The first kappa shape index (κ1) is 16.0. The van der Waals surface area contributed by atoms with E-state index in [1.807, 2.05) is 32.4 Å². The maximum atomic E-state index is 11.6. The van der Waals surface area contributed by atoms with E-state index >= 15 is 0 Å². The van der Waals surface area contributed by atoms with Crippen LogP contribution in [0, 0.1) is 5.41 Å². The van der Waals surface area contributed by atoms with Crippen LogP contribution >= 0.6 is 11.6 Å². The number of rotatable bonds is 7. The van der Waals surface area contributed by atoms with Crippen LogP contribution in [0.5, 0.6) is 0 Å². The maximum Gasteiger partial charge on any atom is 0.310 e. The number of aromatic nitrogens is 2. The Kier molecular flexibility index (Phi) is 5.41. The standard InChI is InChI=1S/C14H23ClN2O2/c1-5-10-12(15)11(17(8-4)16-10)9-14(6-2,7-3)13(18)19/h5-9H2,1-4H3,(H,18,19). The minimum absolute atomic E-state index is 0.439. The Hall–Kier alpha value is -1.03. The predicted octanol–water partition coefficient (Wildman–Crippen LogP) is 3.55. The minimum atomic E-state index is -0.754. The summed E-state index contributed by atoms with van der Waals surface area (Å²) >= 11 is 6.36. The number of halogens is 1. The number of aryl methyl sites for hydroxylation is 2. The first-order valence-electron chi connectivity index (χ1n) is 6.93. The molecule has 0 aliphatic rings. The van der Waals surface area contributed by atoms with Crippen molar-refractivity contribution < 1.29 is 9.90 Å². The SMILES string of the molecule is CCc1nn(CC)c(CC(CC)(CC)C(=O)O)c1Cl.